The maximum atomic E-state index is 13.2. The second-order valence-corrected chi connectivity index (χ2v) is 9.23. The Labute approximate surface area is 215 Å². The van der Waals surface area contributed by atoms with E-state index in [4.69, 9.17) is 5.73 Å². The lowest BCUT2D eigenvalue weighted by molar-refractivity contribution is -0.142. The third-order valence-corrected chi connectivity index (χ3v) is 6.37. The maximum absolute atomic E-state index is 13.2. The largest absolute Gasteiger partial charge is 0.480 e. The van der Waals surface area contributed by atoms with Crippen molar-refractivity contribution in [3.05, 3.63) is 71.8 Å². The van der Waals surface area contributed by atoms with Crippen molar-refractivity contribution in [2.24, 2.45) is 5.73 Å². The summed E-state index contributed by atoms with van der Waals surface area (Å²) in [5.41, 5.74) is 7.34. The number of benzene rings is 2. The van der Waals surface area contributed by atoms with Crippen LogP contribution in [0.3, 0.4) is 0 Å². The summed E-state index contributed by atoms with van der Waals surface area (Å²) < 4.78 is 0. The summed E-state index contributed by atoms with van der Waals surface area (Å²) in [5.74, 6) is -2.57. The Morgan fingerprint density at radius 3 is 2.11 bits per heavy atom. The molecule has 1 aliphatic rings. The van der Waals surface area contributed by atoms with E-state index in [1.807, 2.05) is 36.4 Å². The molecule has 2 aromatic carbocycles. The third kappa shape index (κ3) is 8.12. The van der Waals surface area contributed by atoms with Gasteiger partial charge in [-0.25, -0.2) is 4.79 Å². The Kier molecular flexibility index (Phi) is 10.2. The highest BCUT2D eigenvalue weighted by molar-refractivity contribution is 5.91. The monoisotopic (exact) mass is 510 g/mol. The summed E-state index contributed by atoms with van der Waals surface area (Å²) >= 11 is 0. The van der Waals surface area contributed by atoms with Crippen molar-refractivity contribution in [3.63, 3.8) is 0 Å². The molecule has 1 heterocycles. The smallest absolute Gasteiger partial charge is 0.326 e. The Bertz CT molecular complexity index is 1070. The lowest BCUT2D eigenvalue weighted by Crippen LogP contribution is -2.54. The molecule has 0 aliphatic carbocycles. The van der Waals surface area contributed by atoms with Gasteiger partial charge in [0.2, 0.25) is 17.7 Å². The minimum absolute atomic E-state index is 0.127. The normalized spacial score (nSPS) is 17.5. The molecule has 10 nitrogen and oxygen atoms in total. The number of carboxylic acids is 1. The van der Waals surface area contributed by atoms with Crippen molar-refractivity contribution < 1.29 is 29.4 Å². The number of rotatable bonds is 12. The van der Waals surface area contributed by atoms with Crippen LogP contribution in [0.25, 0.3) is 0 Å². The van der Waals surface area contributed by atoms with Crippen molar-refractivity contribution in [2.45, 2.75) is 56.3 Å². The van der Waals surface area contributed by atoms with Gasteiger partial charge in [-0.05, 0) is 30.4 Å². The molecule has 0 saturated carbocycles. The molecule has 0 unspecified atom stereocenters. The Morgan fingerprint density at radius 2 is 1.54 bits per heavy atom. The summed E-state index contributed by atoms with van der Waals surface area (Å²) in [4.78, 5) is 51.8. The molecule has 3 amide bonds. The van der Waals surface area contributed by atoms with Crippen LogP contribution in [0.4, 0.5) is 0 Å². The molecule has 1 saturated heterocycles. The van der Waals surface area contributed by atoms with Gasteiger partial charge >= 0.3 is 5.97 Å². The van der Waals surface area contributed by atoms with Crippen LogP contribution in [-0.2, 0) is 32.0 Å². The van der Waals surface area contributed by atoms with Crippen LogP contribution in [-0.4, -0.2) is 76.1 Å². The molecule has 0 radical (unpaired) electrons. The quantitative estimate of drug-likeness (QED) is 0.273. The van der Waals surface area contributed by atoms with Crippen molar-refractivity contribution in [2.75, 3.05) is 13.2 Å². The van der Waals surface area contributed by atoms with E-state index in [1.165, 1.54) is 4.90 Å². The fraction of sp³-hybridized carbons (Fsp3) is 0.407. The first kappa shape index (κ1) is 27.8. The highest BCUT2D eigenvalue weighted by Gasteiger charge is 2.37. The number of nitrogens with two attached hydrogens (primary N) is 1. The number of aliphatic carboxylic acids is 1. The summed E-state index contributed by atoms with van der Waals surface area (Å²) in [5, 5.41) is 24.3. The second kappa shape index (κ2) is 13.5. The molecule has 1 fully saturated rings. The van der Waals surface area contributed by atoms with Gasteiger partial charge in [0.1, 0.15) is 18.1 Å². The van der Waals surface area contributed by atoms with E-state index >= 15 is 0 Å². The molecule has 0 bridgehead atoms. The molecule has 3 rings (SSSR count). The van der Waals surface area contributed by atoms with Crippen molar-refractivity contribution >= 4 is 23.7 Å². The van der Waals surface area contributed by atoms with E-state index in [-0.39, 0.29) is 12.8 Å². The number of hydrogen-bond acceptors (Lipinski definition) is 6. The minimum Gasteiger partial charge on any atom is -0.480 e. The first-order valence-electron chi connectivity index (χ1n) is 12.4. The number of aliphatic hydroxyl groups excluding tert-OH is 1. The van der Waals surface area contributed by atoms with E-state index in [2.05, 4.69) is 10.6 Å². The lowest BCUT2D eigenvalue weighted by atomic mass is 10.0. The van der Waals surface area contributed by atoms with E-state index in [1.54, 1.807) is 24.3 Å². The number of amides is 3. The van der Waals surface area contributed by atoms with Crippen LogP contribution in [0.5, 0.6) is 0 Å². The second-order valence-electron chi connectivity index (χ2n) is 9.23. The zero-order valence-electron chi connectivity index (χ0n) is 20.6. The van der Waals surface area contributed by atoms with Crippen LogP contribution >= 0.6 is 0 Å². The highest BCUT2D eigenvalue weighted by atomic mass is 16.4. The highest BCUT2D eigenvalue weighted by Crippen LogP contribution is 2.19. The Morgan fingerprint density at radius 1 is 0.946 bits per heavy atom. The van der Waals surface area contributed by atoms with Gasteiger partial charge in [-0.15, -0.1) is 0 Å². The van der Waals surface area contributed by atoms with Gasteiger partial charge < -0.3 is 31.5 Å². The summed E-state index contributed by atoms with van der Waals surface area (Å²) in [7, 11) is 0. The molecular formula is C27H34N4O6. The summed E-state index contributed by atoms with van der Waals surface area (Å²) in [6.07, 6.45) is 1.38. The zero-order chi connectivity index (χ0) is 26.8. The van der Waals surface area contributed by atoms with Gasteiger partial charge in [-0.2, -0.15) is 0 Å². The summed E-state index contributed by atoms with van der Waals surface area (Å²) in [6.45, 7) is -0.164. The van der Waals surface area contributed by atoms with E-state index in [9.17, 15) is 29.4 Å². The maximum Gasteiger partial charge on any atom is 0.326 e. The SMILES string of the molecule is N[C@@H](CO)C(=O)N1CCC[C@H]1C(=O)N[C@H](CC(=O)N[C@@H](Cc1ccccc1)C(=O)O)Cc1ccccc1. The zero-order valence-corrected chi connectivity index (χ0v) is 20.6. The van der Waals surface area contributed by atoms with Crippen LogP contribution in [0, 0.1) is 0 Å². The van der Waals surface area contributed by atoms with Crippen LogP contribution < -0.4 is 16.4 Å². The molecule has 1 aliphatic heterocycles. The molecular weight excluding hydrogens is 476 g/mol. The van der Waals surface area contributed by atoms with Crippen molar-refractivity contribution in [1.29, 1.82) is 0 Å². The van der Waals surface area contributed by atoms with Crippen LogP contribution in [0.1, 0.15) is 30.4 Å². The number of hydrogen-bond donors (Lipinski definition) is 5. The average Bonchev–Trinajstić information content (AvgIpc) is 3.38. The van der Waals surface area contributed by atoms with E-state index < -0.39 is 54.5 Å². The lowest BCUT2D eigenvalue weighted by Gasteiger charge is -2.28. The van der Waals surface area contributed by atoms with Gasteiger partial charge in [-0.3, -0.25) is 14.4 Å². The van der Waals surface area contributed by atoms with Crippen LogP contribution in [0.2, 0.25) is 0 Å². The fourth-order valence-electron chi connectivity index (χ4n) is 4.49. The van der Waals surface area contributed by atoms with Gasteiger partial charge in [0, 0.05) is 25.4 Å². The minimum atomic E-state index is -1.15. The Hall–Kier alpha value is -3.76. The van der Waals surface area contributed by atoms with Gasteiger partial charge in [0.15, 0.2) is 0 Å². The predicted octanol–water partition coefficient (Wildman–Crippen LogP) is 0.227. The molecule has 198 valence electrons. The standard InChI is InChI=1S/C27H34N4O6/c28-21(17-32)26(35)31-13-7-12-23(31)25(34)29-20(14-18-8-3-1-4-9-18)16-24(33)30-22(27(36)37)15-19-10-5-2-6-11-19/h1-6,8-11,20-23,32H,7,12-17,28H2,(H,29,34)(H,30,33)(H,36,37)/t20-,21-,22-,23-/m0/s1. The molecule has 37 heavy (non-hydrogen) atoms. The first-order chi connectivity index (χ1) is 17.8. The molecule has 2 aromatic rings. The van der Waals surface area contributed by atoms with Crippen molar-refractivity contribution in [3.8, 4) is 0 Å². The van der Waals surface area contributed by atoms with Gasteiger partial charge in [-0.1, -0.05) is 60.7 Å². The van der Waals surface area contributed by atoms with E-state index in [0.29, 0.717) is 25.8 Å². The topological polar surface area (TPSA) is 162 Å². The number of likely N-dealkylation sites (tertiary alicyclic amines) is 1. The van der Waals surface area contributed by atoms with Crippen molar-refractivity contribution in [1.82, 2.24) is 15.5 Å². The number of carboxylic acid groups (broad SMARTS) is 1. The first-order valence-corrected chi connectivity index (χ1v) is 12.4. The number of aliphatic hydroxyl groups is 1. The average molecular weight is 511 g/mol. The Balaban J connectivity index is 1.70. The third-order valence-electron chi connectivity index (χ3n) is 6.37. The molecule has 10 heteroatoms. The molecule has 0 spiro atoms. The predicted molar refractivity (Wildman–Crippen MR) is 136 cm³/mol. The molecule has 0 aromatic heterocycles. The number of nitrogens with zero attached hydrogens (tertiary/aromatic N) is 1. The fourth-order valence-corrected chi connectivity index (χ4v) is 4.49. The number of carbonyl (C=O) groups is 4. The van der Waals surface area contributed by atoms with Gasteiger partial charge in [0.25, 0.3) is 0 Å². The van der Waals surface area contributed by atoms with Crippen LogP contribution in [0.15, 0.2) is 60.7 Å². The number of nitrogens with one attached hydrogen (secondary N) is 2. The summed E-state index contributed by atoms with van der Waals surface area (Å²) in [6, 6.07) is 14.7. The molecule has 4 atom stereocenters. The molecule has 6 N–H and O–H groups in total. The van der Waals surface area contributed by atoms with E-state index in [0.717, 1.165) is 11.1 Å². The van der Waals surface area contributed by atoms with Gasteiger partial charge in [0.05, 0.1) is 6.61 Å². The number of carbonyl (C=O) groups excluding carboxylic acids is 3.